The zero-order valence-electron chi connectivity index (χ0n) is 16.5. The van der Waals surface area contributed by atoms with Gasteiger partial charge in [0.25, 0.3) is 0 Å². The summed E-state index contributed by atoms with van der Waals surface area (Å²) in [4.78, 5) is 15.0. The fraction of sp³-hybridized carbons (Fsp3) is 0.125. The third kappa shape index (κ3) is 4.06. The smallest absolute Gasteiger partial charge is 0.240 e. The highest BCUT2D eigenvalue weighted by Crippen LogP contribution is 2.30. The lowest BCUT2D eigenvalue weighted by molar-refractivity contribution is 0.101. The summed E-state index contributed by atoms with van der Waals surface area (Å²) >= 11 is 0. The van der Waals surface area contributed by atoms with Gasteiger partial charge in [-0.1, -0.05) is 60.7 Å². The molecule has 0 aliphatic carbocycles. The van der Waals surface area contributed by atoms with Gasteiger partial charge >= 0.3 is 0 Å². The zero-order valence-corrected chi connectivity index (χ0v) is 17.3. The van der Waals surface area contributed by atoms with Crippen LogP contribution in [0.4, 0.5) is 0 Å². The Kier molecular flexibility index (Phi) is 5.53. The summed E-state index contributed by atoms with van der Waals surface area (Å²) in [5, 5.41) is 1.06. The zero-order chi connectivity index (χ0) is 21.1. The van der Waals surface area contributed by atoms with E-state index in [9.17, 15) is 13.2 Å². The number of fused-ring (bicyclic) bond motifs is 1. The van der Waals surface area contributed by atoms with Gasteiger partial charge in [0.05, 0.1) is 4.90 Å². The van der Waals surface area contributed by atoms with E-state index in [1.165, 1.54) is 19.1 Å². The van der Waals surface area contributed by atoms with E-state index in [0.29, 0.717) is 5.56 Å². The highest BCUT2D eigenvalue weighted by Gasteiger charge is 2.22. The number of Topliss-reactive ketones (excluding diaryl/α,β-unsaturated/α-hetero) is 1. The Balaban J connectivity index is 1.68. The Hall–Kier alpha value is -3.22. The molecule has 1 heterocycles. The Labute approximate surface area is 175 Å². The van der Waals surface area contributed by atoms with Crippen LogP contribution in [0.25, 0.3) is 10.9 Å². The highest BCUT2D eigenvalue weighted by molar-refractivity contribution is 7.89. The molecule has 0 spiro atoms. The standard InChI is InChI=1S/C24H22N2O3S/c1-17(27)19-10-7-11-20(14-19)30(28,29)26-16-22(18-8-3-2-4-9-18)23-15-25-24-13-6-5-12-21(23)24/h2-15,22,25-26H,16H2,1H3/t22-/m0/s1. The number of hydrogen-bond donors (Lipinski definition) is 2. The average Bonchev–Trinajstić information content (AvgIpc) is 3.19. The van der Waals surface area contributed by atoms with Crippen LogP contribution in [0.3, 0.4) is 0 Å². The van der Waals surface area contributed by atoms with Crippen molar-refractivity contribution >= 4 is 26.7 Å². The van der Waals surface area contributed by atoms with Gasteiger partial charge in [-0.15, -0.1) is 0 Å². The Morgan fingerprint density at radius 2 is 1.70 bits per heavy atom. The molecule has 6 heteroatoms. The van der Waals surface area contributed by atoms with Gasteiger partial charge in [0.1, 0.15) is 0 Å². The van der Waals surface area contributed by atoms with Crippen molar-refractivity contribution in [2.75, 3.05) is 6.54 Å². The van der Waals surface area contributed by atoms with Crippen LogP contribution in [0, 0.1) is 0 Å². The number of nitrogens with one attached hydrogen (secondary N) is 2. The average molecular weight is 419 g/mol. The first-order chi connectivity index (χ1) is 14.5. The maximum Gasteiger partial charge on any atom is 0.240 e. The molecular formula is C24H22N2O3S. The van der Waals surface area contributed by atoms with Crippen LogP contribution < -0.4 is 4.72 Å². The van der Waals surface area contributed by atoms with Gasteiger partial charge in [0, 0.05) is 35.1 Å². The van der Waals surface area contributed by atoms with Crippen molar-refractivity contribution in [3.63, 3.8) is 0 Å². The van der Waals surface area contributed by atoms with Crippen LogP contribution in [-0.2, 0) is 10.0 Å². The third-order valence-corrected chi connectivity index (χ3v) is 6.65. The van der Waals surface area contributed by atoms with E-state index >= 15 is 0 Å². The van der Waals surface area contributed by atoms with E-state index in [4.69, 9.17) is 0 Å². The minimum Gasteiger partial charge on any atom is -0.361 e. The monoisotopic (exact) mass is 418 g/mol. The third-order valence-electron chi connectivity index (χ3n) is 5.23. The van der Waals surface area contributed by atoms with Crippen LogP contribution in [0.5, 0.6) is 0 Å². The normalized spacial score (nSPS) is 12.7. The largest absolute Gasteiger partial charge is 0.361 e. The molecule has 0 amide bonds. The van der Waals surface area contributed by atoms with E-state index in [-0.39, 0.29) is 23.1 Å². The minimum atomic E-state index is -3.78. The van der Waals surface area contributed by atoms with Crippen LogP contribution in [0.1, 0.15) is 34.3 Å². The Morgan fingerprint density at radius 3 is 2.47 bits per heavy atom. The number of H-pyrrole nitrogens is 1. The predicted octanol–water partition coefficient (Wildman–Crippen LogP) is 4.48. The molecule has 0 fully saturated rings. The summed E-state index contributed by atoms with van der Waals surface area (Å²) in [7, 11) is -3.78. The molecular weight excluding hydrogens is 396 g/mol. The quantitative estimate of drug-likeness (QED) is 0.434. The first-order valence-electron chi connectivity index (χ1n) is 9.67. The van der Waals surface area contributed by atoms with Gasteiger partial charge in [0.15, 0.2) is 5.78 Å². The fourth-order valence-corrected chi connectivity index (χ4v) is 4.73. The molecule has 0 unspecified atom stereocenters. The number of carbonyl (C=O) groups is 1. The van der Waals surface area contributed by atoms with Gasteiger partial charge in [-0.2, -0.15) is 0 Å². The number of hydrogen-bond acceptors (Lipinski definition) is 3. The topological polar surface area (TPSA) is 79.0 Å². The number of benzene rings is 3. The maximum atomic E-state index is 12.9. The number of aromatic nitrogens is 1. The number of aromatic amines is 1. The molecule has 0 aliphatic rings. The number of ketones is 1. The van der Waals surface area contributed by atoms with Gasteiger partial charge in [-0.25, -0.2) is 13.1 Å². The van der Waals surface area contributed by atoms with E-state index in [2.05, 4.69) is 9.71 Å². The summed E-state index contributed by atoms with van der Waals surface area (Å²) in [6.45, 7) is 1.61. The van der Waals surface area contributed by atoms with Crippen molar-refractivity contribution in [1.29, 1.82) is 0 Å². The molecule has 0 saturated carbocycles. The molecule has 5 nitrogen and oxygen atoms in total. The summed E-state index contributed by atoms with van der Waals surface area (Å²) in [6.07, 6.45) is 1.94. The lowest BCUT2D eigenvalue weighted by atomic mass is 9.91. The predicted molar refractivity (Wildman–Crippen MR) is 118 cm³/mol. The molecule has 3 aromatic carbocycles. The Morgan fingerprint density at radius 1 is 0.967 bits per heavy atom. The van der Waals surface area contributed by atoms with E-state index < -0.39 is 10.0 Å². The molecule has 4 aromatic rings. The van der Waals surface area contributed by atoms with Crippen LogP contribution in [0.15, 0.2) is 90.0 Å². The molecule has 0 radical (unpaired) electrons. The van der Waals surface area contributed by atoms with E-state index in [1.54, 1.807) is 12.1 Å². The molecule has 1 aromatic heterocycles. The van der Waals surface area contributed by atoms with E-state index in [0.717, 1.165) is 22.0 Å². The molecule has 0 aliphatic heterocycles. The summed E-state index contributed by atoms with van der Waals surface area (Å²) in [6, 6.07) is 23.9. The molecule has 30 heavy (non-hydrogen) atoms. The van der Waals surface area contributed by atoms with Gasteiger partial charge in [-0.05, 0) is 36.2 Å². The van der Waals surface area contributed by atoms with Gasteiger partial charge in [-0.3, -0.25) is 4.79 Å². The lowest BCUT2D eigenvalue weighted by Crippen LogP contribution is -2.29. The lowest BCUT2D eigenvalue weighted by Gasteiger charge is -2.18. The molecule has 2 N–H and O–H groups in total. The van der Waals surface area contributed by atoms with Crippen molar-refractivity contribution in [3.8, 4) is 0 Å². The summed E-state index contributed by atoms with van der Waals surface area (Å²) in [5.74, 6) is -0.346. The molecule has 0 saturated heterocycles. The number of carbonyl (C=O) groups excluding carboxylic acids is 1. The van der Waals surface area contributed by atoms with Crippen molar-refractivity contribution in [1.82, 2.24) is 9.71 Å². The van der Waals surface area contributed by atoms with Crippen LogP contribution >= 0.6 is 0 Å². The van der Waals surface area contributed by atoms with Crippen molar-refractivity contribution in [2.45, 2.75) is 17.7 Å². The van der Waals surface area contributed by atoms with Gasteiger partial charge < -0.3 is 4.98 Å². The molecule has 0 bridgehead atoms. The minimum absolute atomic E-state index is 0.0842. The Bertz CT molecular complexity index is 1290. The number of para-hydroxylation sites is 1. The van der Waals surface area contributed by atoms with Crippen molar-refractivity contribution in [2.24, 2.45) is 0 Å². The number of rotatable bonds is 7. The van der Waals surface area contributed by atoms with Crippen molar-refractivity contribution < 1.29 is 13.2 Å². The van der Waals surface area contributed by atoms with Gasteiger partial charge in [0.2, 0.25) is 10.0 Å². The maximum absolute atomic E-state index is 12.9. The van der Waals surface area contributed by atoms with Crippen LogP contribution in [-0.4, -0.2) is 25.7 Å². The second-order valence-electron chi connectivity index (χ2n) is 7.19. The van der Waals surface area contributed by atoms with Crippen molar-refractivity contribution in [3.05, 3.63) is 102 Å². The highest BCUT2D eigenvalue weighted by atomic mass is 32.2. The van der Waals surface area contributed by atoms with Crippen LogP contribution in [0.2, 0.25) is 0 Å². The molecule has 4 rings (SSSR count). The van der Waals surface area contributed by atoms with E-state index in [1.807, 2.05) is 60.8 Å². The second kappa shape index (κ2) is 8.26. The second-order valence-corrected chi connectivity index (χ2v) is 8.96. The molecule has 152 valence electrons. The fourth-order valence-electron chi connectivity index (χ4n) is 3.63. The summed E-state index contributed by atoms with van der Waals surface area (Å²) in [5.41, 5.74) is 3.42. The molecule has 1 atom stereocenters. The summed E-state index contributed by atoms with van der Waals surface area (Å²) < 4.78 is 28.6. The first kappa shape index (κ1) is 20.1. The SMILES string of the molecule is CC(=O)c1cccc(S(=O)(=O)NC[C@@H](c2ccccc2)c2c[nH]c3ccccc23)c1. The first-order valence-corrected chi connectivity index (χ1v) is 11.2. The number of sulfonamides is 1.